The molecule has 0 spiro atoms. The number of hydrogen-bond acceptors (Lipinski definition) is 3. The molecular weight excluding hydrogens is 392 g/mol. The molecule has 3 amide bonds. The minimum absolute atomic E-state index is 0.231. The molecule has 0 aliphatic carbocycles. The molecule has 0 saturated heterocycles. The van der Waals surface area contributed by atoms with Crippen LogP contribution in [0.3, 0.4) is 0 Å². The average Bonchev–Trinajstić information content (AvgIpc) is 2.71. The maximum absolute atomic E-state index is 14.0. The van der Waals surface area contributed by atoms with Gasteiger partial charge in [-0.05, 0) is 37.6 Å². The van der Waals surface area contributed by atoms with Crippen molar-refractivity contribution in [3.63, 3.8) is 0 Å². The maximum atomic E-state index is 14.0. The fourth-order valence-electron chi connectivity index (χ4n) is 2.68. The normalized spacial score (nSPS) is 10.4. The molecule has 0 saturated carbocycles. The highest BCUT2D eigenvalue weighted by atomic mass is 19.1. The molecule has 0 aliphatic heterocycles. The van der Waals surface area contributed by atoms with Crippen LogP contribution in [0.5, 0.6) is 0 Å². The van der Waals surface area contributed by atoms with Crippen LogP contribution < -0.4 is 10.6 Å². The minimum atomic E-state index is -0.987. The van der Waals surface area contributed by atoms with Gasteiger partial charge in [0.1, 0.15) is 11.6 Å². The SMILES string of the molecule is CCCCN(CC(=O)NCC(=O)Nc1ccc(C)cc1)C(=O)c1ccc(F)cc1F. The number of aryl methyl sites for hydroxylation is 1. The fourth-order valence-corrected chi connectivity index (χ4v) is 2.68. The first kappa shape index (κ1) is 23.0. The summed E-state index contributed by atoms with van der Waals surface area (Å²) in [6.07, 6.45) is 1.37. The summed E-state index contributed by atoms with van der Waals surface area (Å²) >= 11 is 0. The first-order chi connectivity index (χ1) is 14.3. The molecule has 0 atom stereocenters. The summed E-state index contributed by atoms with van der Waals surface area (Å²) in [6, 6.07) is 9.86. The topological polar surface area (TPSA) is 78.5 Å². The summed E-state index contributed by atoms with van der Waals surface area (Å²) in [4.78, 5) is 38.1. The summed E-state index contributed by atoms with van der Waals surface area (Å²) in [7, 11) is 0. The smallest absolute Gasteiger partial charge is 0.257 e. The lowest BCUT2D eigenvalue weighted by molar-refractivity contribution is -0.124. The number of benzene rings is 2. The number of halogens is 2. The molecule has 0 bridgehead atoms. The van der Waals surface area contributed by atoms with Gasteiger partial charge in [0.25, 0.3) is 5.91 Å². The quantitative estimate of drug-likeness (QED) is 0.657. The Kier molecular flexibility index (Phi) is 8.46. The molecule has 0 unspecified atom stereocenters. The van der Waals surface area contributed by atoms with Crippen LogP contribution in [0.15, 0.2) is 42.5 Å². The van der Waals surface area contributed by atoms with Crippen LogP contribution in [0.25, 0.3) is 0 Å². The Bertz CT molecular complexity index is 901. The van der Waals surface area contributed by atoms with Crippen molar-refractivity contribution in [1.82, 2.24) is 10.2 Å². The Hall–Kier alpha value is -3.29. The van der Waals surface area contributed by atoms with E-state index in [0.29, 0.717) is 18.2 Å². The van der Waals surface area contributed by atoms with E-state index in [4.69, 9.17) is 0 Å². The summed E-state index contributed by atoms with van der Waals surface area (Å²) in [5, 5.41) is 5.11. The van der Waals surface area contributed by atoms with Crippen molar-refractivity contribution in [2.24, 2.45) is 0 Å². The third-order valence-corrected chi connectivity index (χ3v) is 4.35. The first-order valence-corrected chi connectivity index (χ1v) is 9.67. The molecule has 2 aromatic carbocycles. The van der Waals surface area contributed by atoms with Crippen molar-refractivity contribution in [2.45, 2.75) is 26.7 Å². The number of nitrogens with one attached hydrogen (secondary N) is 2. The van der Waals surface area contributed by atoms with Crippen LogP contribution in [0, 0.1) is 18.6 Å². The van der Waals surface area contributed by atoms with E-state index in [2.05, 4.69) is 10.6 Å². The van der Waals surface area contributed by atoms with Crippen LogP contribution in [-0.4, -0.2) is 42.3 Å². The predicted octanol–water partition coefficient (Wildman–Crippen LogP) is 3.27. The van der Waals surface area contributed by atoms with Crippen molar-refractivity contribution in [1.29, 1.82) is 0 Å². The molecule has 2 N–H and O–H groups in total. The molecule has 8 heteroatoms. The Morgan fingerprint density at radius 1 is 1.00 bits per heavy atom. The Morgan fingerprint density at radius 3 is 2.33 bits per heavy atom. The first-order valence-electron chi connectivity index (χ1n) is 9.67. The molecule has 2 aromatic rings. The summed E-state index contributed by atoms with van der Waals surface area (Å²) in [5.74, 6) is -3.45. The van der Waals surface area contributed by atoms with E-state index in [1.165, 1.54) is 4.90 Å². The molecule has 2 rings (SSSR count). The third-order valence-electron chi connectivity index (χ3n) is 4.35. The van der Waals surface area contributed by atoms with Crippen LogP contribution in [-0.2, 0) is 9.59 Å². The van der Waals surface area contributed by atoms with E-state index < -0.39 is 29.4 Å². The van der Waals surface area contributed by atoms with Crippen molar-refractivity contribution < 1.29 is 23.2 Å². The van der Waals surface area contributed by atoms with Gasteiger partial charge in [-0.1, -0.05) is 31.0 Å². The molecule has 0 aliphatic rings. The second kappa shape index (κ2) is 11.0. The van der Waals surface area contributed by atoms with Gasteiger partial charge < -0.3 is 15.5 Å². The number of anilines is 1. The zero-order chi connectivity index (χ0) is 22.1. The van der Waals surface area contributed by atoms with E-state index in [-0.39, 0.29) is 25.2 Å². The lowest BCUT2D eigenvalue weighted by atomic mass is 10.1. The summed E-state index contributed by atoms with van der Waals surface area (Å²) in [6.45, 7) is 3.46. The second-order valence-electron chi connectivity index (χ2n) is 6.90. The Morgan fingerprint density at radius 2 is 1.70 bits per heavy atom. The van der Waals surface area contributed by atoms with Crippen molar-refractivity contribution >= 4 is 23.4 Å². The average molecular weight is 417 g/mol. The summed E-state index contributed by atoms with van der Waals surface area (Å²) < 4.78 is 27.1. The lowest BCUT2D eigenvalue weighted by Gasteiger charge is -2.22. The van der Waals surface area contributed by atoms with E-state index in [9.17, 15) is 23.2 Å². The predicted molar refractivity (Wildman–Crippen MR) is 110 cm³/mol. The molecule has 0 radical (unpaired) electrons. The second-order valence-corrected chi connectivity index (χ2v) is 6.90. The summed E-state index contributed by atoms with van der Waals surface area (Å²) in [5.41, 5.74) is 1.35. The van der Waals surface area contributed by atoms with Crippen molar-refractivity contribution in [3.8, 4) is 0 Å². The van der Waals surface area contributed by atoms with Gasteiger partial charge in [-0.25, -0.2) is 8.78 Å². The third kappa shape index (κ3) is 6.95. The van der Waals surface area contributed by atoms with Gasteiger partial charge in [0.05, 0.1) is 18.7 Å². The number of unbranched alkanes of at least 4 members (excludes halogenated alkanes) is 1. The van der Waals surface area contributed by atoms with E-state index in [1.54, 1.807) is 12.1 Å². The van der Waals surface area contributed by atoms with Crippen molar-refractivity contribution in [3.05, 3.63) is 65.2 Å². The highest BCUT2D eigenvalue weighted by molar-refractivity contribution is 5.98. The van der Waals surface area contributed by atoms with Gasteiger partial charge >= 0.3 is 0 Å². The molecule has 0 aromatic heterocycles. The van der Waals surface area contributed by atoms with Gasteiger partial charge in [-0.15, -0.1) is 0 Å². The van der Waals surface area contributed by atoms with Gasteiger partial charge in [0, 0.05) is 18.3 Å². The maximum Gasteiger partial charge on any atom is 0.257 e. The van der Waals surface area contributed by atoms with Crippen molar-refractivity contribution in [2.75, 3.05) is 25.0 Å². The Labute approximate surface area is 174 Å². The van der Waals surface area contributed by atoms with Crippen LogP contribution in [0.1, 0.15) is 35.7 Å². The van der Waals surface area contributed by atoms with Gasteiger partial charge in [-0.3, -0.25) is 14.4 Å². The molecule has 6 nitrogen and oxygen atoms in total. The number of hydrogen-bond donors (Lipinski definition) is 2. The number of rotatable bonds is 9. The Balaban J connectivity index is 1.94. The zero-order valence-corrected chi connectivity index (χ0v) is 17.0. The fraction of sp³-hybridized carbons (Fsp3) is 0.318. The lowest BCUT2D eigenvalue weighted by Crippen LogP contribution is -2.43. The van der Waals surface area contributed by atoms with E-state index in [1.807, 2.05) is 26.0 Å². The number of carbonyl (C=O) groups excluding carboxylic acids is 3. The van der Waals surface area contributed by atoms with Crippen LogP contribution >= 0.6 is 0 Å². The largest absolute Gasteiger partial charge is 0.345 e. The van der Waals surface area contributed by atoms with E-state index in [0.717, 1.165) is 24.1 Å². The van der Waals surface area contributed by atoms with Gasteiger partial charge in [0.2, 0.25) is 11.8 Å². The standard InChI is InChI=1S/C22H25F2N3O3/c1-3-4-11-27(22(30)18-10-7-16(23)12-19(18)24)14-21(29)25-13-20(28)26-17-8-5-15(2)6-9-17/h5-10,12H,3-4,11,13-14H2,1-2H3,(H,25,29)(H,26,28). The number of nitrogens with zero attached hydrogens (tertiary/aromatic N) is 1. The van der Waals surface area contributed by atoms with E-state index >= 15 is 0 Å². The molecular formula is C22H25F2N3O3. The monoisotopic (exact) mass is 417 g/mol. The van der Waals surface area contributed by atoms with Gasteiger partial charge in [-0.2, -0.15) is 0 Å². The minimum Gasteiger partial charge on any atom is -0.345 e. The number of amides is 3. The number of carbonyl (C=O) groups is 3. The van der Waals surface area contributed by atoms with Crippen LogP contribution in [0.4, 0.5) is 14.5 Å². The molecule has 30 heavy (non-hydrogen) atoms. The van der Waals surface area contributed by atoms with Gasteiger partial charge in [0.15, 0.2) is 0 Å². The molecule has 160 valence electrons. The molecule has 0 fully saturated rings. The highest BCUT2D eigenvalue weighted by Gasteiger charge is 2.22. The van der Waals surface area contributed by atoms with Crippen LogP contribution in [0.2, 0.25) is 0 Å². The molecule has 0 heterocycles. The zero-order valence-electron chi connectivity index (χ0n) is 17.0. The highest BCUT2D eigenvalue weighted by Crippen LogP contribution is 2.13.